The molecular weight excluding hydrogens is 406 g/mol. The fourth-order valence-corrected chi connectivity index (χ4v) is 3.41. The van der Waals surface area contributed by atoms with E-state index >= 15 is 0 Å². The first-order chi connectivity index (χ1) is 15.8. The third-order valence-electron chi connectivity index (χ3n) is 4.99. The fourth-order valence-electron chi connectivity index (χ4n) is 3.41. The number of nitrogens with zero attached hydrogens (tertiary/aromatic N) is 3. The molecule has 0 spiro atoms. The van der Waals surface area contributed by atoms with Gasteiger partial charge in [0.25, 0.3) is 0 Å². The van der Waals surface area contributed by atoms with Crippen LogP contribution in [0.4, 0.5) is 0 Å². The molecule has 0 aliphatic carbocycles. The van der Waals surface area contributed by atoms with E-state index in [9.17, 15) is 5.11 Å². The maximum absolute atomic E-state index is 10.5. The van der Waals surface area contributed by atoms with Crippen molar-refractivity contribution in [2.45, 2.75) is 25.7 Å². The van der Waals surface area contributed by atoms with E-state index in [1.54, 1.807) is 6.26 Å². The van der Waals surface area contributed by atoms with Gasteiger partial charge in [0.15, 0.2) is 0 Å². The molecule has 2 aromatic carbocycles. The quantitative estimate of drug-likeness (QED) is 0.362. The van der Waals surface area contributed by atoms with Gasteiger partial charge in [-0.25, -0.2) is 0 Å². The largest absolute Gasteiger partial charge is 0.468 e. The number of aliphatic hydroxyl groups is 1. The molecular formula is C25H27N3O4. The smallest absolute Gasteiger partial charge is 0.228 e. The van der Waals surface area contributed by atoms with E-state index in [1.165, 1.54) is 0 Å². The Morgan fingerprint density at radius 1 is 0.969 bits per heavy atom. The van der Waals surface area contributed by atoms with Crippen molar-refractivity contribution in [2.75, 3.05) is 19.7 Å². The molecule has 1 N–H and O–H groups in total. The van der Waals surface area contributed by atoms with Crippen molar-refractivity contribution in [1.29, 1.82) is 0 Å². The molecule has 2 aromatic heterocycles. The van der Waals surface area contributed by atoms with E-state index < -0.39 is 6.10 Å². The van der Waals surface area contributed by atoms with E-state index in [2.05, 4.69) is 15.0 Å². The Morgan fingerprint density at radius 3 is 2.50 bits per heavy atom. The second-order valence-electron chi connectivity index (χ2n) is 7.60. The SMILES string of the molecule is O[C@H](COCc1ccccc1)CN(CCc1nc(-c2ccccc2)no1)Cc1ccco1. The van der Waals surface area contributed by atoms with Crippen molar-refractivity contribution in [1.82, 2.24) is 15.0 Å². The Morgan fingerprint density at radius 2 is 1.75 bits per heavy atom. The van der Waals surface area contributed by atoms with Gasteiger partial charge in [-0.3, -0.25) is 4.90 Å². The number of rotatable bonds is 12. The summed E-state index contributed by atoms with van der Waals surface area (Å²) >= 11 is 0. The third-order valence-corrected chi connectivity index (χ3v) is 4.99. The molecule has 7 nitrogen and oxygen atoms in total. The van der Waals surface area contributed by atoms with Crippen molar-refractivity contribution >= 4 is 0 Å². The van der Waals surface area contributed by atoms with Crippen LogP contribution >= 0.6 is 0 Å². The average molecular weight is 434 g/mol. The van der Waals surface area contributed by atoms with E-state index in [-0.39, 0.29) is 6.61 Å². The maximum Gasteiger partial charge on any atom is 0.228 e. The van der Waals surface area contributed by atoms with Gasteiger partial charge in [0.1, 0.15) is 5.76 Å². The first-order valence-corrected chi connectivity index (χ1v) is 10.7. The van der Waals surface area contributed by atoms with Crippen LogP contribution in [-0.2, 0) is 24.3 Å². The van der Waals surface area contributed by atoms with Crippen LogP contribution in [0.15, 0.2) is 88.0 Å². The van der Waals surface area contributed by atoms with Crippen molar-refractivity contribution in [3.8, 4) is 11.4 Å². The Bertz CT molecular complexity index is 1040. The topological polar surface area (TPSA) is 84.8 Å². The van der Waals surface area contributed by atoms with Crippen LogP contribution in [0.5, 0.6) is 0 Å². The van der Waals surface area contributed by atoms with Gasteiger partial charge in [0, 0.05) is 25.1 Å². The van der Waals surface area contributed by atoms with Crippen molar-refractivity contribution in [3.63, 3.8) is 0 Å². The minimum absolute atomic E-state index is 0.252. The van der Waals surface area contributed by atoms with E-state index in [4.69, 9.17) is 13.7 Å². The fraction of sp³-hybridized carbons (Fsp3) is 0.280. The summed E-state index contributed by atoms with van der Waals surface area (Å²) in [5, 5.41) is 14.6. The normalized spacial score (nSPS) is 12.3. The molecule has 4 aromatic rings. The number of benzene rings is 2. The number of ether oxygens (including phenoxy) is 1. The van der Waals surface area contributed by atoms with Gasteiger partial charge < -0.3 is 18.8 Å². The summed E-state index contributed by atoms with van der Waals surface area (Å²) in [6, 6.07) is 23.4. The summed E-state index contributed by atoms with van der Waals surface area (Å²) in [5.74, 6) is 1.97. The molecule has 0 saturated carbocycles. The monoisotopic (exact) mass is 433 g/mol. The standard InChI is InChI=1S/C25H27N3O4/c29-22(19-30-18-20-8-3-1-4-9-20)16-28(17-23-12-7-15-31-23)14-13-24-26-25(27-32-24)21-10-5-2-6-11-21/h1-12,15,22,29H,13-14,16-19H2/t22-/m0/s1. The Labute approximate surface area is 187 Å². The molecule has 0 aliphatic rings. The summed E-state index contributed by atoms with van der Waals surface area (Å²) in [5.41, 5.74) is 2.00. The van der Waals surface area contributed by atoms with Crippen molar-refractivity contribution < 1.29 is 18.8 Å². The number of aromatic nitrogens is 2. The maximum atomic E-state index is 10.5. The zero-order valence-corrected chi connectivity index (χ0v) is 17.8. The van der Waals surface area contributed by atoms with Gasteiger partial charge in [-0.1, -0.05) is 65.8 Å². The predicted octanol–water partition coefficient (Wildman–Crippen LogP) is 3.95. The number of hydrogen-bond donors (Lipinski definition) is 1. The van der Waals surface area contributed by atoms with Crippen LogP contribution in [0.2, 0.25) is 0 Å². The molecule has 0 unspecified atom stereocenters. The first-order valence-electron chi connectivity index (χ1n) is 10.7. The van der Waals surface area contributed by atoms with Gasteiger partial charge >= 0.3 is 0 Å². The van der Waals surface area contributed by atoms with Crippen LogP contribution in [-0.4, -0.2) is 45.9 Å². The van der Waals surface area contributed by atoms with Crippen molar-refractivity contribution in [3.05, 3.63) is 96.3 Å². The van der Waals surface area contributed by atoms with Crippen molar-refractivity contribution in [2.24, 2.45) is 0 Å². The van der Waals surface area contributed by atoms with E-state index in [1.807, 2.05) is 72.8 Å². The Kier molecular flexibility index (Phi) is 7.81. The Hall–Kier alpha value is -3.26. The molecule has 0 fully saturated rings. The number of hydrogen-bond acceptors (Lipinski definition) is 7. The molecule has 32 heavy (non-hydrogen) atoms. The van der Waals surface area contributed by atoms with Gasteiger partial charge in [0.2, 0.25) is 11.7 Å². The average Bonchev–Trinajstić information content (AvgIpc) is 3.51. The Balaban J connectivity index is 1.30. The van der Waals surface area contributed by atoms with Gasteiger partial charge in [-0.2, -0.15) is 4.98 Å². The molecule has 0 bridgehead atoms. The van der Waals surface area contributed by atoms with E-state index in [0.717, 1.165) is 16.9 Å². The zero-order chi connectivity index (χ0) is 22.0. The van der Waals surface area contributed by atoms with Crippen LogP contribution < -0.4 is 0 Å². The zero-order valence-electron chi connectivity index (χ0n) is 17.8. The molecule has 0 aliphatic heterocycles. The summed E-state index contributed by atoms with van der Waals surface area (Å²) in [7, 11) is 0. The lowest BCUT2D eigenvalue weighted by Gasteiger charge is -2.23. The summed E-state index contributed by atoms with van der Waals surface area (Å²) in [6.07, 6.45) is 1.59. The molecule has 0 amide bonds. The first kappa shape index (κ1) is 22.0. The molecule has 0 radical (unpaired) electrons. The summed E-state index contributed by atoms with van der Waals surface area (Å²) < 4.78 is 16.6. The molecule has 7 heteroatoms. The predicted molar refractivity (Wildman–Crippen MR) is 120 cm³/mol. The minimum Gasteiger partial charge on any atom is -0.468 e. The molecule has 2 heterocycles. The number of aliphatic hydroxyl groups excluding tert-OH is 1. The van der Waals surface area contributed by atoms with Gasteiger partial charge in [0.05, 0.1) is 32.1 Å². The van der Waals surface area contributed by atoms with Crippen LogP contribution in [0.3, 0.4) is 0 Å². The van der Waals surface area contributed by atoms with E-state index in [0.29, 0.717) is 44.4 Å². The van der Waals surface area contributed by atoms with Crippen LogP contribution in [0, 0.1) is 0 Å². The lowest BCUT2D eigenvalue weighted by atomic mass is 10.2. The van der Waals surface area contributed by atoms with Gasteiger partial charge in [-0.15, -0.1) is 0 Å². The highest BCUT2D eigenvalue weighted by molar-refractivity contribution is 5.53. The molecule has 166 valence electrons. The minimum atomic E-state index is -0.628. The lowest BCUT2D eigenvalue weighted by molar-refractivity contribution is 0.00750. The second kappa shape index (κ2) is 11.4. The highest BCUT2D eigenvalue weighted by atomic mass is 16.5. The van der Waals surface area contributed by atoms with Crippen LogP contribution in [0.25, 0.3) is 11.4 Å². The molecule has 0 saturated heterocycles. The summed E-state index contributed by atoms with van der Waals surface area (Å²) in [4.78, 5) is 6.60. The summed E-state index contributed by atoms with van der Waals surface area (Å²) in [6.45, 7) is 2.37. The highest BCUT2D eigenvalue weighted by Gasteiger charge is 2.16. The lowest BCUT2D eigenvalue weighted by Crippen LogP contribution is -2.35. The highest BCUT2D eigenvalue weighted by Crippen LogP contribution is 2.15. The number of furan rings is 1. The second-order valence-corrected chi connectivity index (χ2v) is 7.60. The third kappa shape index (κ3) is 6.62. The van der Waals surface area contributed by atoms with Crippen LogP contribution in [0.1, 0.15) is 17.2 Å². The molecule has 4 rings (SSSR count). The molecule has 1 atom stereocenters. The van der Waals surface area contributed by atoms with Gasteiger partial charge in [-0.05, 0) is 17.7 Å².